The molecule has 0 aliphatic carbocycles. The average molecular weight is 333 g/mol. The van der Waals surface area contributed by atoms with Crippen LogP contribution in [0.25, 0.3) is 0 Å². The second-order valence-electron chi connectivity index (χ2n) is 4.92. The molecule has 0 spiro atoms. The maximum absolute atomic E-state index is 12.2. The van der Waals surface area contributed by atoms with E-state index in [1.807, 2.05) is 6.92 Å². The van der Waals surface area contributed by atoms with Crippen LogP contribution in [-0.4, -0.2) is 28.3 Å². The predicted molar refractivity (Wildman–Crippen MR) is 88.4 cm³/mol. The molecule has 0 fully saturated rings. The van der Waals surface area contributed by atoms with E-state index in [1.54, 1.807) is 30.6 Å². The van der Waals surface area contributed by atoms with Crippen molar-refractivity contribution in [2.45, 2.75) is 19.8 Å². The average Bonchev–Trinajstić information content (AvgIpc) is 2.53. The van der Waals surface area contributed by atoms with Crippen molar-refractivity contribution in [2.24, 2.45) is 0 Å². The van der Waals surface area contributed by atoms with Gasteiger partial charge in [0, 0.05) is 24.0 Å². The number of aromatic nitrogens is 2. The van der Waals surface area contributed by atoms with Gasteiger partial charge in [-0.15, -0.1) is 0 Å². The van der Waals surface area contributed by atoms with Gasteiger partial charge in [-0.25, -0.2) is 9.97 Å². The third kappa shape index (κ3) is 5.03. The molecular weight excluding hydrogens is 316 g/mol. The van der Waals surface area contributed by atoms with E-state index < -0.39 is 0 Å². The highest BCUT2D eigenvalue weighted by Gasteiger charge is 2.14. The van der Waals surface area contributed by atoms with E-state index in [4.69, 9.17) is 11.6 Å². The van der Waals surface area contributed by atoms with E-state index in [0.717, 1.165) is 6.42 Å². The number of nitrogens with one attached hydrogen (secondary N) is 2. The molecule has 0 atom stereocenters. The summed E-state index contributed by atoms with van der Waals surface area (Å²) < 4.78 is 0. The Bertz CT molecular complexity index is 692. The molecule has 6 nitrogen and oxygen atoms in total. The summed E-state index contributed by atoms with van der Waals surface area (Å²) in [4.78, 5) is 32.0. The van der Waals surface area contributed by atoms with E-state index in [0.29, 0.717) is 28.4 Å². The van der Waals surface area contributed by atoms with Crippen LogP contribution in [0.5, 0.6) is 0 Å². The van der Waals surface area contributed by atoms with E-state index in [-0.39, 0.29) is 18.2 Å². The van der Waals surface area contributed by atoms with E-state index >= 15 is 0 Å². The topological polar surface area (TPSA) is 84.0 Å². The van der Waals surface area contributed by atoms with Crippen molar-refractivity contribution in [2.75, 3.05) is 11.9 Å². The zero-order valence-electron chi connectivity index (χ0n) is 12.7. The summed E-state index contributed by atoms with van der Waals surface area (Å²) in [6, 6.07) is 4.76. The van der Waals surface area contributed by atoms with Gasteiger partial charge in [0.2, 0.25) is 5.91 Å². The quantitative estimate of drug-likeness (QED) is 0.851. The van der Waals surface area contributed by atoms with Crippen LogP contribution in [0, 0.1) is 0 Å². The Morgan fingerprint density at radius 3 is 2.65 bits per heavy atom. The predicted octanol–water partition coefficient (Wildman–Crippen LogP) is 2.45. The van der Waals surface area contributed by atoms with Gasteiger partial charge in [0.05, 0.1) is 17.7 Å². The van der Waals surface area contributed by atoms with Crippen molar-refractivity contribution < 1.29 is 9.59 Å². The zero-order chi connectivity index (χ0) is 16.7. The van der Waals surface area contributed by atoms with Gasteiger partial charge in [-0.05, 0) is 30.2 Å². The van der Waals surface area contributed by atoms with Crippen LogP contribution in [0.2, 0.25) is 5.02 Å². The van der Waals surface area contributed by atoms with E-state index in [9.17, 15) is 9.59 Å². The zero-order valence-corrected chi connectivity index (χ0v) is 13.4. The smallest absolute Gasteiger partial charge is 0.253 e. The Kier molecular flexibility index (Phi) is 6.05. The lowest BCUT2D eigenvalue weighted by molar-refractivity contribution is -0.115. The van der Waals surface area contributed by atoms with Gasteiger partial charge in [-0.2, -0.15) is 0 Å². The fraction of sp³-hybridized carbons (Fsp3) is 0.250. The third-order valence-corrected chi connectivity index (χ3v) is 3.25. The molecular formula is C16H17ClN4O2. The van der Waals surface area contributed by atoms with Gasteiger partial charge in [0.25, 0.3) is 5.91 Å². The summed E-state index contributed by atoms with van der Waals surface area (Å²) in [5.41, 5.74) is 1.44. The number of benzene rings is 1. The number of anilines is 1. The summed E-state index contributed by atoms with van der Waals surface area (Å²) in [5.74, 6) is -0.520. The summed E-state index contributed by atoms with van der Waals surface area (Å²) in [6.45, 7) is 2.53. The molecule has 2 amide bonds. The van der Waals surface area contributed by atoms with Gasteiger partial charge < -0.3 is 10.6 Å². The molecule has 2 N–H and O–H groups in total. The van der Waals surface area contributed by atoms with Crippen molar-refractivity contribution in [1.29, 1.82) is 0 Å². The fourth-order valence-electron chi connectivity index (χ4n) is 1.95. The van der Waals surface area contributed by atoms with Crippen LogP contribution in [0.1, 0.15) is 29.3 Å². The Morgan fingerprint density at radius 2 is 1.96 bits per heavy atom. The molecule has 7 heteroatoms. The molecule has 2 aromatic rings. The first-order chi connectivity index (χ1) is 11.1. The Morgan fingerprint density at radius 1 is 1.22 bits per heavy atom. The first-order valence-electron chi connectivity index (χ1n) is 7.21. The third-order valence-electron chi connectivity index (χ3n) is 3.01. The Balaban J connectivity index is 2.13. The molecule has 0 saturated carbocycles. The number of carbonyl (C=O) groups is 2. The number of amides is 2. The van der Waals surface area contributed by atoms with Crippen LogP contribution in [0.3, 0.4) is 0 Å². The first-order valence-corrected chi connectivity index (χ1v) is 7.59. The van der Waals surface area contributed by atoms with Gasteiger partial charge in [-0.3, -0.25) is 9.59 Å². The van der Waals surface area contributed by atoms with Crippen molar-refractivity contribution in [1.82, 2.24) is 15.3 Å². The normalized spacial score (nSPS) is 10.2. The molecule has 0 bridgehead atoms. The van der Waals surface area contributed by atoms with Crippen LogP contribution < -0.4 is 10.6 Å². The number of hydrogen-bond acceptors (Lipinski definition) is 4. The maximum atomic E-state index is 12.2. The first kappa shape index (κ1) is 16.9. The van der Waals surface area contributed by atoms with Crippen LogP contribution in [-0.2, 0) is 11.2 Å². The molecule has 2 rings (SSSR count). The lowest BCUT2D eigenvalue weighted by Crippen LogP contribution is -2.26. The highest BCUT2D eigenvalue weighted by atomic mass is 35.5. The lowest BCUT2D eigenvalue weighted by atomic mass is 10.1. The second-order valence-corrected chi connectivity index (χ2v) is 5.35. The van der Waals surface area contributed by atoms with Gasteiger partial charge in [-0.1, -0.05) is 18.5 Å². The molecule has 0 radical (unpaired) electrons. The molecule has 1 aromatic heterocycles. The van der Waals surface area contributed by atoms with Crippen LogP contribution >= 0.6 is 11.6 Å². The molecule has 0 unspecified atom stereocenters. The number of hydrogen-bond donors (Lipinski definition) is 2. The van der Waals surface area contributed by atoms with Gasteiger partial charge in [0.1, 0.15) is 6.33 Å². The lowest BCUT2D eigenvalue weighted by Gasteiger charge is -2.12. The van der Waals surface area contributed by atoms with Crippen molar-refractivity contribution in [3.63, 3.8) is 0 Å². The van der Waals surface area contributed by atoms with Crippen LogP contribution in [0.15, 0.2) is 36.9 Å². The van der Waals surface area contributed by atoms with E-state index in [1.165, 1.54) is 6.33 Å². The van der Waals surface area contributed by atoms with E-state index in [2.05, 4.69) is 20.6 Å². The summed E-state index contributed by atoms with van der Waals surface area (Å²) in [7, 11) is 0. The van der Waals surface area contributed by atoms with Crippen molar-refractivity contribution in [3.8, 4) is 0 Å². The highest BCUT2D eigenvalue weighted by Crippen LogP contribution is 2.21. The number of halogens is 1. The van der Waals surface area contributed by atoms with Crippen molar-refractivity contribution >= 4 is 29.1 Å². The summed E-state index contributed by atoms with van der Waals surface area (Å²) in [6.07, 6.45) is 5.48. The molecule has 0 aliphatic rings. The minimum Gasteiger partial charge on any atom is -0.352 e. The standard InChI is InChI=1S/C16H17ClN4O2/c1-2-5-20-16(23)13-4-3-12(17)7-14(13)21-15(22)6-11-8-18-10-19-9-11/h3-4,7-10H,2,5-6H2,1H3,(H,20,23)(H,21,22). The number of rotatable bonds is 6. The highest BCUT2D eigenvalue weighted by molar-refractivity contribution is 6.31. The molecule has 1 aromatic carbocycles. The SMILES string of the molecule is CCCNC(=O)c1ccc(Cl)cc1NC(=O)Cc1cncnc1. The van der Waals surface area contributed by atoms with Gasteiger partial charge >= 0.3 is 0 Å². The minimum absolute atomic E-state index is 0.114. The maximum Gasteiger partial charge on any atom is 0.253 e. The largest absolute Gasteiger partial charge is 0.352 e. The van der Waals surface area contributed by atoms with Crippen LogP contribution in [0.4, 0.5) is 5.69 Å². The molecule has 23 heavy (non-hydrogen) atoms. The Hall–Kier alpha value is -2.47. The molecule has 120 valence electrons. The van der Waals surface area contributed by atoms with Gasteiger partial charge in [0.15, 0.2) is 0 Å². The molecule has 0 saturated heterocycles. The minimum atomic E-state index is -0.272. The second kappa shape index (κ2) is 8.24. The summed E-state index contributed by atoms with van der Waals surface area (Å²) in [5, 5.41) is 5.94. The number of carbonyl (C=O) groups excluding carboxylic acids is 2. The molecule has 0 aliphatic heterocycles. The van der Waals surface area contributed by atoms with Crippen molar-refractivity contribution in [3.05, 3.63) is 53.1 Å². The summed E-state index contributed by atoms with van der Waals surface area (Å²) >= 11 is 5.97. The fourth-order valence-corrected chi connectivity index (χ4v) is 2.12. The number of nitrogens with zero attached hydrogens (tertiary/aromatic N) is 2. The Labute approximate surface area is 139 Å². The molecule has 1 heterocycles. The monoisotopic (exact) mass is 332 g/mol.